The van der Waals surface area contributed by atoms with Crippen LogP contribution in [0.4, 0.5) is 0 Å². The summed E-state index contributed by atoms with van der Waals surface area (Å²) in [5.41, 5.74) is 1.10. The van der Waals surface area contributed by atoms with E-state index in [9.17, 15) is 4.79 Å². The van der Waals surface area contributed by atoms with Gasteiger partial charge in [-0.3, -0.25) is 4.79 Å². The second kappa shape index (κ2) is 8.55. The molecule has 0 N–H and O–H groups in total. The maximum absolute atomic E-state index is 12.7. The number of carbonyl (C=O) groups excluding carboxylic acids is 1. The Labute approximate surface area is 169 Å². The lowest BCUT2D eigenvalue weighted by molar-refractivity contribution is 0.0997. The van der Waals surface area contributed by atoms with Crippen molar-refractivity contribution in [1.82, 2.24) is 4.57 Å². The molecule has 0 radical (unpaired) electrons. The second-order valence-corrected chi connectivity index (χ2v) is 7.62. The highest BCUT2D eigenvalue weighted by molar-refractivity contribution is 7.16. The summed E-state index contributed by atoms with van der Waals surface area (Å²) in [5, 5.41) is 1.34. The summed E-state index contributed by atoms with van der Waals surface area (Å²) in [6.45, 7) is 3.57. The number of fused-ring (bicyclic) bond motifs is 1. The molecule has 0 fully saturated rings. The molecule has 0 aliphatic heterocycles. The number of amides is 1. The lowest BCUT2D eigenvalue weighted by Gasteiger charge is -2.06. The first-order chi connectivity index (χ1) is 12.5. The van der Waals surface area contributed by atoms with Crippen molar-refractivity contribution in [2.75, 3.05) is 13.2 Å². The van der Waals surface area contributed by atoms with Crippen LogP contribution in [0.15, 0.2) is 41.4 Å². The third-order valence-electron chi connectivity index (χ3n) is 3.67. The minimum absolute atomic E-state index is 0.263. The molecule has 2 aromatic carbocycles. The molecule has 1 heterocycles. The number of rotatable bonds is 5. The van der Waals surface area contributed by atoms with E-state index in [2.05, 4.69) is 4.99 Å². The summed E-state index contributed by atoms with van der Waals surface area (Å²) in [7, 11) is 0. The maximum atomic E-state index is 12.7. The number of carbonyl (C=O) groups is 1. The Bertz CT molecular complexity index is 1030. The van der Waals surface area contributed by atoms with Gasteiger partial charge in [0.1, 0.15) is 0 Å². The highest BCUT2D eigenvalue weighted by Gasteiger charge is 2.14. The van der Waals surface area contributed by atoms with E-state index >= 15 is 0 Å². The zero-order valence-electron chi connectivity index (χ0n) is 13.8. The first kappa shape index (κ1) is 19.4. The topological polar surface area (TPSA) is 43.6 Å². The first-order valence-electron chi connectivity index (χ1n) is 7.91. The third-order valence-corrected chi connectivity index (χ3v) is 5.58. The Morgan fingerprint density at radius 2 is 2.00 bits per heavy atom. The van der Waals surface area contributed by atoms with Gasteiger partial charge in [-0.1, -0.05) is 52.2 Å². The molecule has 26 heavy (non-hydrogen) atoms. The molecular weight excluding hydrogens is 415 g/mol. The molecule has 0 atom stereocenters. The number of hydrogen-bond acceptors (Lipinski definition) is 3. The third kappa shape index (κ3) is 4.13. The Morgan fingerprint density at radius 3 is 2.77 bits per heavy atom. The molecule has 4 nitrogen and oxygen atoms in total. The first-order valence-corrected chi connectivity index (χ1v) is 9.86. The highest BCUT2D eigenvalue weighted by Crippen LogP contribution is 2.26. The van der Waals surface area contributed by atoms with Crippen LogP contribution in [0.3, 0.4) is 0 Å². The number of nitrogens with zero attached hydrogens (tertiary/aromatic N) is 2. The molecule has 3 rings (SSSR count). The van der Waals surface area contributed by atoms with E-state index in [4.69, 9.17) is 39.5 Å². The van der Waals surface area contributed by atoms with Crippen molar-refractivity contribution in [3.8, 4) is 0 Å². The van der Waals surface area contributed by atoms with Crippen LogP contribution in [0.25, 0.3) is 10.2 Å². The van der Waals surface area contributed by atoms with Gasteiger partial charge in [-0.25, -0.2) is 0 Å². The molecule has 0 saturated heterocycles. The van der Waals surface area contributed by atoms with Crippen LogP contribution < -0.4 is 4.80 Å². The lowest BCUT2D eigenvalue weighted by Crippen LogP contribution is -2.20. The summed E-state index contributed by atoms with van der Waals surface area (Å²) >= 11 is 19.9. The van der Waals surface area contributed by atoms with E-state index in [1.165, 1.54) is 17.4 Å². The van der Waals surface area contributed by atoms with Crippen LogP contribution >= 0.6 is 46.1 Å². The van der Waals surface area contributed by atoms with Gasteiger partial charge in [0.05, 0.1) is 32.4 Å². The van der Waals surface area contributed by atoms with Gasteiger partial charge in [0.15, 0.2) is 4.80 Å². The molecule has 0 aliphatic carbocycles. The number of ether oxygens (including phenoxy) is 1. The Kier molecular flexibility index (Phi) is 6.37. The summed E-state index contributed by atoms with van der Waals surface area (Å²) in [5.74, 6) is -0.453. The lowest BCUT2D eigenvalue weighted by atomic mass is 10.2. The van der Waals surface area contributed by atoms with Crippen LogP contribution in [-0.4, -0.2) is 23.7 Å². The van der Waals surface area contributed by atoms with E-state index in [0.717, 1.165) is 10.2 Å². The van der Waals surface area contributed by atoms with Gasteiger partial charge in [0, 0.05) is 18.2 Å². The van der Waals surface area contributed by atoms with Crippen LogP contribution in [0.1, 0.15) is 17.3 Å². The number of thiazole rings is 1. The highest BCUT2D eigenvalue weighted by atomic mass is 35.5. The normalized spacial score (nSPS) is 12.1. The number of hydrogen-bond donors (Lipinski definition) is 0. The van der Waals surface area contributed by atoms with Crippen molar-refractivity contribution in [3.05, 3.63) is 61.8 Å². The summed E-state index contributed by atoms with van der Waals surface area (Å²) in [6.07, 6.45) is 0. The maximum Gasteiger partial charge on any atom is 0.281 e. The Morgan fingerprint density at radius 1 is 1.19 bits per heavy atom. The van der Waals surface area contributed by atoms with E-state index in [-0.39, 0.29) is 5.56 Å². The molecule has 1 aromatic heterocycles. The fourth-order valence-corrected chi connectivity index (χ4v) is 4.27. The van der Waals surface area contributed by atoms with Crippen LogP contribution in [0, 0.1) is 0 Å². The largest absolute Gasteiger partial charge is 0.380 e. The van der Waals surface area contributed by atoms with Crippen molar-refractivity contribution in [3.63, 3.8) is 0 Å². The molecule has 0 aliphatic rings. The smallest absolute Gasteiger partial charge is 0.281 e. The van der Waals surface area contributed by atoms with Crippen molar-refractivity contribution < 1.29 is 9.53 Å². The molecule has 0 unspecified atom stereocenters. The average molecular weight is 430 g/mol. The van der Waals surface area contributed by atoms with Gasteiger partial charge in [-0.15, -0.1) is 0 Å². The van der Waals surface area contributed by atoms with Crippen molar-refractivity contribution in [2.45, 2.75) is 13.5 Å². The van der Waals surface area contributed by atoms with Crippen LogP contribution in [-0.2, 0) is 11.3 Å². The Hall–Kier alpha value is -1.37. The number of benzene rings is 2. The van der Waals surface area contributed by atoms with Gasteiger partial charge in [0.2, 0.25) is 0 Å². The predicted octanol–water partition coefficient (Wildman–Crippen LogP) is 5.44. The van der Waals surface area contributed by atoms with Gasteiger partial charge < -0.3 is 9.30 Å². The van der Waals surface area contributed by atoms with E-state index in [0.29, 0.717) is 39.6 Å². The van der Waals surface area contributed by atoms with Crippen molar-refractivity contribution in [2.24, 2.45) is 4.99 Å². The minimum Gasteiger partial charge on any atom is -0.380 e. The number of para-hydroxylation sites is 1. The fraction of sp³-hybridized carbons (Fsp3) is 0.222. The van der Waals surface area contributed by atoms with E-state index < -0.39 is 5.91 Å². The van der Waals surface area contributed by atoms with Crippen molar-refractivity contribution >= 4 is 62.3 Å². The monoisotopic (exact) mass is 428 g/mol. The molecule has 3 aromatic rings. The predicted molar refractivity (Wildman–Crippen MR) is 108 cm³/mol. The molecule has 136 valence electrons. The zero-order chi connectivity index (χ0) is 18.7. The van der Waals surface area contributed by atoms with Crippen LogP contribution in [0.2, 0.25) is 15.1 Å². The fourth-order valence-electron chi connectivity index (χ4n) is 2.49. The second-order valence-electron chi connectivity index (χ2n) is 5.36. The molecule has 0 bridgehead atoms. The SMILES string of the molecule is CCOCCn1c(=NC(=O)c2cc(Cl)ccc2Cl)sc2cccc(Cl)c21. The Balaban J connectivity index is 2.12. The quantitative estimate of drug-likeness (QED) is 0.507. The molecule has 0 spiro atoms. The summed E-state index contributed by atoms with van der Waals surface area (Å²) in [4.78, 5) is 17.5. The van der Waals surface area contributed by atoms with Crippen LogP contribution in [0.5, 0.6) is 0 Å². The van der Waals surface area contributed by atoms with Gasteiger partial charge in [-0.2, -0.15) is 4.99 Å². The standard InChI is InChI=1S/C18H15Cl3N2O2S/c1-2-25-9-8-23-16-14(21)4-3-5-15(16)26-18(23)22-17(24)12-10-11(19)6-7-13(12)20/h3-7,10H,2,8-9H2,1H3. The summed E-state index contributed by atoms with van der Waals surface area (Å²) < 4.78 is 8.29. The van der Waals surface area contributed by atoms with Gasteiger partial charge >= 0.3 is 0 Å². The number of aromatic nitrogens is 1. The molecule has 8 heteroatoms. The van der Waals surface area contributed by atoms with Gasteiger partial charge in [-0.05, 0) is 37.3 Å². The van der Waals surface area contributed by atoms with E-state index in [1.807, 2.05) is 29.7 Å². The average Bonchev–Trinajstić information content (AvgIpc) is 2.96. The molecule has 0 saturated carbocycles. The van der Waals surface area contributed by atoms with E-state index in [1.54, 1.807) is 12.1 Å². The summed E-state index contributed by atoms with van der Waals surface area (Å²) in [6, 6.07) is 10.3. The van der Waals surface area contributed by atoms with Gasteiger partial charge in [0.25, 0.3) is 5.91 Å². The minimum atomic E-state index is -0.453. The van der Waals surface area contributed by atoms with Crippen molar-refractivity contribution in [1.29, 1.82) is 0 Å². The zero-order valence-corrected chi connectivity index (χ0v) is 16.9. The molecule has 1 amide bonds. The molecular formula is C18H15Cl3N2O2S. The number of halogens is 3.